The zero-order valence-electron chi connectivity index (χ0n) is 11.3. The summed E-state index contributed by atoms with van der Waals surface area (Å²) in [6, 6.07) is 8.10. The molecule has 3 rings (SSSR count). The molecule has 100 valence electrons. The summed E-state index contributed by atoms with van der Waals surface area (Å²) in [5.41, 5.74) is 7.83. The van der Waals surface area contributed by atoms with E-state index >= 15 is 0 Å². The molecule has 2 N–H and O–H groups in total. The maximum absolute atomic E-state index is 5.68. The van der Waals surface area contributed by atoms with Gasteiger partial charge in [-0.3, -0.25) is 4.68 Å². The lowest BCUT2D eigenvalue weighted by Gasteiger charge is -2.00. The first-order chi connectivity index (χ1) is 9.22. The molecule has 0 amide bonds. The molecule has 1 aromatic carbocycles. The van der Waals surface area contributed by atoms with Crippen molar-refractivity contribution in [3.8, 4) is 0 Å². The van der Waals surface area contributed by atoms with E-state index in [1.807, 2.05) is 23.9 Å². The molecular formula is C15H20N4. The number of anilines is 1. The summed E-state index contributed by atoms with van der Waals surface area (Å²) in [6.45, 7) is 0. The van der Waals surface area contributed by atoms with Crippen LogP contribution in [0.4, 0.5) is 5.69 Å². The Morgan fingerprint density at radius 3 is 2.63 bits per heavy atom. The molecule has 1 aliphatic rings. The van der Waals surface area contributed by atoms with E-state index in [1.165, 1.54) is 24.2 Å². The van der Waals surface area contributed by atoms with Gasteiger partial charge < -0.3 is 5.73 Å². The van der Waals surface area contributed by atoms with Gasteiger partial charge in [0.05, 0.1) is 0 Å². The lowest BCUT2D eigenvalue weighted by Crippen LogP contribution is -1.97. The van der Waals surface area contributed by atoms with Gasteiger partial charge in [-0.1, -0.05) is 12.1 Å². The Morgan fingerprint density at radius 2 is 1.95 bits per heavy atom. The zero-order valence-corrected chi connectivity index (χ0v) is 11.3. The van der Waals surface area contributed by atoms with Crippen molar-refractivity contribution in [2.75, 3.05) is 5.73 Å². The van der Waals surface area contributed by atoms with Gasteiger partial charge in [-0.05, 0) is 43.4 Å². The van der Waals surface area contributed by atoms with E-state index in [4.69, 9.17) is 5.73 Å². The number of hydrogen-bond donors (Lipinski definition) is 1. The molecule has 0 radical (unpaired) electrons. The van der Waals surface area contributed by atoms with Crippen molar-refractivity contribution in [2.24, 2.45) is 7.05 Å². The highest BCUT2D eigenvalue weighted by Crippen LogP contribution is 2.38. The smallest absolute Gasteiger partial charge is 0.150 e. The van der Waals surface area contributed by atoms with Gasteiger partial charge in [0, 0.05) is 25.1 Å². The second-order valence-corrected chi connectivity index (χ2v) is 5.38. The normalized spacial score (nSPS) is 14.8. The minimum Gasteiger partial charge on any atom is -0.399 e. The summed E-state index contributed by atoms with van der Waals surface area (Å²) >= 11 is 0. The van der Waals surface area contributed by atoms with Gasteiger partial charge in [-0.15, -0.1) is 0 Å². The predicted molar refractivity (Wildman–Crippen MR) is 75.9 cm³/mol. The highest BCUT2D eigenvalue weighted by atomic mass is 15.3. The fraction of sp³-hybridized carbons (Fsp3) is 0.467. The van der Waals surface area contributed by atoms with E-state index in [1.54, 1.807) is 0 Å². The van der Waals surface area contributed by atoms with Crippen molar-refractivity contribution in [3.05, 3.63) is 41.5 Å². The molecule has 0 aliphatic heterocycles. The molecule has 0 atom stereocenters. The summed E-state index contributed by atoms with van der Waals surface area (Å²) in [4.78, 5) is 4.65. The lowest BCUT2D eigenvalue weighted by atomic mass is 10.1. The molecule has 1 saturated carbocycles. The molecule has 0 bridgehead atoms. The molecular weight excluding hydrogens is 236 g/mol. The molecule has 19 heavy (non-hydrogen) atoms. The summed E-state index contributed by atoms with van der Waals surface area (Å²) in [5.74, 6) is 2.82. The van der Waals surface area contributed by atoms with Crippen molar-refractivity contribution in [1.82, 2.24) is 14.8 Å². The Bertz CT molecular complexity index is 552. The lowest BCUT2D eigenvalue weighted by molar-refractivity contribution is 0.687. The molecule has 1 aromatic heterocycles. The van der Waals surface area contributed by atoms with Crippen molar-refractivity contribution in [2.45, 2.75) is 38.0 Å². The number of rotatable bonds is 5. The van der Waals surface area contributed by atoms with Crippen LogP contribution in [-0.2, 0) is 19.9 Å². The SMILES string of the molecule is Cn1nc(CCCc2ccc(N)cc2)nc1C1CC1. The minimum absolute atomic E-state index is 0.670. The molecule has 1 heterocycles. The first-order valence-electron chi connectivity index (χ1n) is 6.96. The average Bonchev–Trinajstić information content (AvgIpc) is 3.17. The number of nitrogens with zero attached hydrogens (tertiary/aromatic N) is 3. The Balaban J connectivity index is 1.54. The van der Waals surface area contributed by atoms with Crippen molar-refractivity contribution < 1.29 is 0 Å². The van der Waals surface area contributed by atoms with Crippen LogP contribution in [0.5, 0.6) is 0 Å². The van der Waals surface area contributed by atoms with Gasteiger partial charge in [-0.25, -0.2) is 4.98 Å². The monoisotopic (exact) mass is 256 g/mol. The molecule has 0 unspecified atom stereocenters. The Hall–Kier alpha value is -1.84. The first kappa shape index (κ1) is 12.2. The second kappa shape index (κ2) is 5.03. The topological polar surface area (TPSA) is 56.7 Å². The Morgan fingerprint density at radius 1 is 1.21 bits per heavy atom. The third-order valence-electron chi connectivity index (χ3n) is 3.63. The number of benzene rings is 1. The molecule has 0 spiro atoms. The molecule has 1 fully saturated rings. The van der Waals surface area contributed by atoms with E-state index in [0.717, 1.165) is 30.8 Å². The van der Waals surface area contributed by atoms with Gasteiger partial charge in [-0.2, -0.15) is 5.10 Å². The summed E-state index contributed by atoms with van der Waals surface area (Å²) in [5, 5.41) is 4.50. The number of nitrogen functional groups attached to an aromatic ring is 1. The van der Waals surface area contributed by atoms with Crippen molar-refractivity contribution >= 4 is 5.69 Å². The van der Waals surface area contributed by atoms with Crippen LogP contribution in [0.2, 0.25) is 0 Å². The van der Waals surface area contributed by atoms with Crippen LogP contribution < -0.4 is 5.73 Å². The van der Waals surface area contributed by atoms with Crippen LogP contribution in [0.25, 0.3) is 0 Å². The van der Waals surface area contributed by atoms with E-state index in [-0.39, 0.29) is 0 Å². The highest BCUT2D eigenvalue weighted by molar-refractivity contribution is 5.39. The van der Waals surface area contributed by atoms with Gasteiger partial charge in [0.15, 0.2) is 5.82 Å². The fourth-order valence-corrected chi connectivity index (χ4v) is 2.39. The Kier molecular flexibility index (Phi) is 3.23. The summed E-state index contributed by atoms with van der Waals surface area (Å²) < 4.78 is 1.95. The first-order valence-corrected chi connectivity index (χ1v) is 6.96. The van der Waals surface area contributed by atoms with Gasteiger partial charge in [0.25, 0.3) is 0 Å². The van der Waals surface area contributed by atoms with Crippen LogP contribution in [0.15, 0.2) is 24.3 Å². The largest absolute Gasteiger partial charge is 0.399 e. The highest BCUT2D eigenvalue weighted by Gasteiger charge is 2.28. The Labute approximate surface area is 113 Å². The maximum atomic E-state index is 5.68. The van der Waals surface area contributed by atoms with Crippen LogP contribution in [0.3, 0.4) is 0 Å². The number of aryl methyl sites for hydroxylation is 3. The van der Waals surface area contributed by atoms with Crippen LogP contribution in [-0.4, -0.2) is 14.8 Å². The molecule has 2 aromatic rings. The predicted octanol–water partition coefficient (Wildman–Crippen LogP) is 2.45. The van der Waals surface area contributed by atoms with E-state index in [0.29, 0.717) is 5.92 Å². The number of hydrogen-bond acceptors (Lipinski definition) is 3. The van der Waals surface area contributed by atoms with Crippen LogP contribution >= 0.6 is 0 Å². The van der Waals surface area contributed by atoms with E-state index in [2.05, 4.69) is 22.2 Å². The zero-order chi connectivity index (χ0) is 13.2. The standard InChI is InChI=1S/C15H20N4/c1-19-15(12-7-8-12)17-14(18-19)4-2-3-11-5-9-13(16)10-6-11/h5-6,9-10,12H,2-4,7-8,16H2,1H3. The molecule has 4 heteroatoms. The average molecular weight is 256 g/mol. The van der Waals surface area contributed by atoms with Gasteiger partial charge in [0.1, 0.15) is 5.82 Å². The number of aromatic nitrogens is 3. The van der Waals surface area contributed by atoms with Crippen molar-refractivity contribution in [1.29, 1.82) is 0 Å². The number of nitrogens with two attached hydrogens (primary N) is 1. The summed E-state index contributed by atoms with van der Waals surface area (Å²) in [6.07, 6.45) is 5.63. The van der Waals surface area contributed by atoms with Gasteiger partial charge in [0.2, 0.25) is 0 Å². The van der Waals surface area contributed by atoms with Crippen LogP contribution in [0.1, 0.15) is 42.4 Å². The van der Waals surface area contributed by atoms with E-state index < -0.39 is 0 Å². The third kappa shape index (κ3) is 2.95. The van der Waals surface area contributed by atoms with E-state index in [9.17, 15) is 0 Å². The van der Waals surface area contributed by atoms with Gasteiger partial charge >= 0.3 is 0 Å². The quantitative estimate of drug-likeness (QED) is 0.836. The molecule has 0 saturated heterocycles. The fourth-order valence-electron chi connectivity index (χ4n) is 2.39. The maximum Gasteiger partial charge on any atom is 0.150 e. The van der Waals surface area contributed by atoms with Crippen LogP contribution in [0, 0.1) is 0 Å². The third-order valence-corrected chi connectivity index (χ3v) is 3.63. The molecule has 4 nitrogen and oxygen atoms in total. The molecule has 1 aliphatic carbocycles. The summed E-state index contributed by atoms with van der Waals surface area (Å²) in [7, 11) is 2.00. The second-order valence-electron chi connectivity index (χ2n) is 5.38. The van der Waals surface area contributed by atoms with Crippen molar-refractivity contribution in [3.63, 3.8) is 0 Å². The minimum atomic E-state index is 0.670.